The van der Waals surface area contributed by atoms with Crippen LogP contribution in [-0.4, -0.2) is 20.5 Å². The number of nitrogens with one attached hydrogen (secondary N) is 2. The van der Waals surface area contributed by atoms with Gasteiger partial charge in [0.2, 0.25) is 0 Å². The second-order valence-electron chi connectivity index (χ2n) is 6.61. The van der Waals surface area contributed by atoms with E-state index in [2.05, 4.69) is 34.1 Å². The standard InChI is InChI=1S/C21H23N3O3S/c1-14-11-15(2)21(16(3)12-14)23-17-5-10-20(22-13-17)24-28(25,26)19-8-6-18(27-4)7-9-19/h5-13,23H,1-4H3,(H,22,24). The molecule has 7 heteroatoms. The van der Waals surface area contributed by atoms with Gasteiger partial charge in [0.1, 0.15) is 11.6 Å². The molecule has 3 aromatic rings. The van der Waals surface area contributed by atoms with Crippen molar-refractivity contribution in [1.29, 1.82) is 0 Å². The summed E-state index contributed by atoms with van der Waals surface area (Å²) in [4.78, 5) is 4.36. The fraction of sp³-hybridized carbons (Fsp3) is 0.190. The summed E-state index contributed by atoms with van der Waals surface area (Å²) in [5.74, 6) is 0.841. The zero-order chi connectivity index (χ0) is 20.3. The summed E-state index contributed by atoms with van der Waals surface area (Å²) in [6.07, 6.45) is 1.60. The van der Waals surface area contributed by atoms with E-state index in [9.17, 15) is 8.42 Å². The van der Waals surface area contributed by atoms with Crippen LogP contribution in [0, 0.1) is 20.8 Å². The molecule has 0 amide bonds. The van der Waals surface area contributed by atoms with E-state index in [4.69, 9.17) is 4.74 Å². The lowest BCUT2D eigenvalue weighted by atomic mass is 10.1. The van der Waals surface area contributed by atoms with Gasteiger partial charge in [0.15, 0.2) is 0 Å². The number of sulfonamides is 1. The maximum absolute atomic E-state index is 12.5. The van der Waals surface area contributed by atoms with Gasteiger partial charge in [-0.15, -0.1) is 0 Å². The van der Waals surface area contributed by atoms with Crippen LogP contribution in [0.2, 0.25) is 0 Å². The van der Waals surface area contributed by atoms with Crippen molar-refractivity contribution in [3.63, 3.8) is 0 Å². The van der Waals surface area contributed by atoms with Gasteiger partial charge in [-0.2, -0.15) is 0 Å². The van der Waals surface area contributed by atoms with Crippen LogP contribution in [0.25, 0.3) is 0 Å². The molecular formula is C21H23N3O3S. The van der Waals surface area contributed by atoms with E-state index >= 15 is 0 Å². The Morgan fingerprint density at radius 2 is 1.57 bits per heavy atom. The molecule has 0 fully saturated rings. The summed E-state index contributed by atoms with van der Waals surface area (Å²) < 4.78 is 32.5. The van der Waals surface area contributed by atoms with Gasteiger partial charge >= 0.3 is 0 Å². The molecule has 146 valence electrons. The maximum atomic E-state index is 12.5. The zero-order valence-electron chi connectivity index (χ0n) is 16.3. The predicted molar refractivity (Wildman–Crippen MR) is 112 cm³/mol. The van der Waals surface area contributed by atoms with Crippen molar-refractivity contribution < 1.29 is 13.2 Å². The minimum atomic E-state index is -3.72. The molecule has 28 heavy (non-hydrogen) atoms. The molecule has 0 aliphatic heterocycles. The average molecular weight is 398 g/mol. The van der Waals surface area contributed by atoms with Gasteiger partial charge in [0.05, 0.1) is 23.9 Å². The van der Waals surface area contributed by atoms with Gasteiger partial charge in [-0.3, -0.25) is 4.72 Å². The number of rotatable bonds is 6. The van der Waals surface area contributed by atoms with Crippen molar-refractivity contribution in [2.24, 2.45) is 0 Å². The largest absolute Gasteiger partial charge is 0.497 e. The average Bonchev–Trinajstić information content (AvgIpc) is 2.66. The molecule has 0 bridgehead atoms. The summed E-state index contributed by atoms with van der Waals surface area (Å²) in [6.45, 7) is 6.16. The second kappa shape index (κ2) is 7.90. The van der Waals surface area contributed by atoms with Crippen molar-refractivity contribution in [3.8, 4) is 5.75 Å². The lowest BCUT2D eigenvalue weighted by Gasteiger charge is -2.14. The molecule has 3 rings (SSSR count). The Morgan fingerprint density at radius 1 is 0.929 bits per heavy atom. The SMILES string of the molecule is COc1ccc(S(=O)(=O)Nc2ccc(Nc3c(C)cc(C)cc3C)cn2)cc1. The number of nitrogens with zero attached hydrogens (tertiary/aromatic N) is 1. The normalized spacial score (nSPS) is 11.1. The van der Waals surface area contributed by atoms with Crippen molar-refractivity contribution in [1.82, 2.24) is 4.98 Å². The van der Waals surface area contributed by atoms with E-state index in [-0.39, 0.29) is 10.7 Å². The Morgan fingerprint density at radius 3 is 2.11 bits per heavy atom. The molecule has 0 atom stereocenters. The van der Waals surface area contributed by atoms with E-state index in [0.717, 1.165) is 22.5 Å². The number of hydrogen-bond acceptors (Lipinski definition) is 5. The summed E-state index contributed by atoms with van der Waals surface area (Å²) >= 11 is 0. The fourth-order valence-electron chi connectivity index (χ4n) is 3.00. The zero-order valence-corrected chi connectivity index (χ0v) is 17.1. The third-order valence-corrected chi connectivity index (χ3v) is 5.69. The van der Waals surface area contributed by atoms with Crippen LogP contribution in [0.15, 0.2) is 59.6 Å². The van der Waals surface area contributed by atoms with Crippen molar-refractivity contribution in [3.05, 3.63) is 71.4 Å². The Kier molecular flexibility index (Phi) is 5.56. The molecule has 1 heterocycles. The van der Waals surface area contributed by atoms with Crippen LogP contribution in [0.1, 0.15) is 16.7 Å². The van der Waals surface area contributed by atoms with Gasteiger partial charge in [-0.25, -0.2) is 13.4 Å². The first-order valence-corrected chi connectivity index (χ1v) is 10.2. The first kappa shape index (κ1) is 19.7. The number of ether oxygens (including phenoxy) is 1. The lowest BCUT2D eigenvalue weighted by molar-refractivity contribution is 0.414. The Balaban J connectivity index is 1.75. The van der Waals surface area contributed by atoms with Crippen molar-refractivity contribution >= 4 is 27.2 Å². The smallest absolute Gasteiger partial charge is 0.263 e. The van der Waals surface area contributed by atoms with E-state index in [1.807, 2.05) is 13.8 Å². The molecule has 0 saturated carbocycles. The van der Waals surface area contributed by atoms with Crippen LogP contribution in [-0.2, 0) is 10.0 Å². The van der Waals surface area contributed by atoms with Gasteiger partial charge in [0, 0.05) is 5.69 Å². The summed E-state index contributed by atoms with van der Waals surface area (Å²) in [6, 6.07) is 13.8. The highest BCUT2D eigenvalue weighted by Crippen LogP contribution is 2.26. The molecule has 1 aromatic heterocycles. The van der Waals surface area contributed by atoms with Gasteiger partial charge in [-0.05, 0) is 68.3 Å². The summed E-state index contributed by atoms with van der Waals surface area (Å²) in [5, 5.41) is 3.35. The van der Waals surface area contributed by atoms with Crippen molar-refractivity contribution in [2.45, 2.75) is 25.7 Å². The highest BCUT2D eigenvalue weighted by molar-refractivity contribution is 7.92. The van der Waals surface area contributed by atoms with E-state index < -0.39 is 10.0 Å². The quantitative estimate of drug-likeness (QED) is 0.637. The predicted octanol–water partition coefficient (Wildman–Crippen LogP) is 4.56. The fourth-order valence-corrected chi connectivity index (χ4v) is 4.01. The maximum Gasteiger partial charge on any atom is 0.263 e. The minimum Gasteiger partial charge on any atom is -0.497 e. The number of anilines is 3. The van der Waals surface area contributed by atoms with Crippen LogP contribution < -0.4 is 14.8 Å². The molecule has 6 nitrogen and oxygen atoms in total. The third kappa shape index (κ3) is 4.43. The molecule has 0 aliphatic rings. The molecule has 0 saturated heterocycles. The van der Waals surface area contributed by atoms with Crippen molar-refractivity contribution in [2.75, 3.05) is 17.1 Å². The molecule has 0 aliphatic carbocycles. The number of pyridine rings is 1. The molecular weight excluding hydrogens is 374 g/mol. The number of methoxy groups -OCH3 is 1. The number of benzene rings is 2. The molecule has 0 spiro atoms. The van der Waals surface area contributed by atoms with Gasteiger partial charge in [0.25, 0.3) is 10.0 Å². The Labute approximate surface area is 165 Å². The highest BCUT2D eigenvalue weighted by atomic mass is 32.2. The highest BCUT2D eigenvalue weighted by Gasteiger charge is 2.15. The Bertz CT molecular complexity index is 1050. The molecule has 2 aromatic carbocycles. The third-order valence-electron chi connectivity index (χ3n) is 4.32. The number of aryl methyl sites for hydroxylation is 3. The topological polar surface area (TPSA) is 80.3 Å². The number of aromatic nitrogens is 1. The molecule has 2 N–H and O–H groups in total. The van der Waals surface area contributed by atoms with Crippen LogP contribution >= 0.6 is 0 Å². The first-order chi connectivity index (χ1) is 13.3. The van der Waals surface area contributed by atoms with E-state index in [1.54, 1.807) is 30.5 Å². The molecule has 0 radical (unpaired) electrons. The molecule has 0 unspecified atom stereocenters. The van der Waals surface area contributed by atoms with Crippen LogP contribution in [0.4, 0.5) is 17.2 Å². The first-order valence-electron chi connectivity index (χ1n) is 8.76. The lowest BCUT2D eigenvalue weighted by Crippen LogP contribution is -2.13. The van der Waals surface area contributed by atoms with E-state index in [0.29, 0.717) is 5.75 Å². The Hall–Kier alpha value is -3.06. The summed E-state index contributed by atoms with van der Waals surface area (Å²) in [7, 11) is -2.19. The minimum absolute atomic E-state index is 0.142. The van der Waals surface area contributed by atoms with E-state index in [1.165, 1.54) is 24.8 Å². The van der Waals surface area contributed by atoms with Crippen LogP contribution in [0.5, 0.6) is 5.75 Å². The number of hydrogen-bond donors (Lipinski definition) is 2. The second-order valence-corrected chi connectivity index (χ2v) is 8.29. The van der Waals surface area contributed by atoms with Gasteiger partial charge < -0.3 is 10.1 Å². The van der Waals surface area contributed by atoms with Gasteiger partial charge in [-0.1, -0.05) is 17.7 Å². The monoisotopic (exact) mass is 397 g/mol. The summed E-state index contributed by atoms with van der Waals surface area (Å²) in [5.41, 5.74) is 5.30. The van der Waals surface area contributed by atoms with Crippen LogP contribution in [0.3, 0.4) is 0 Å².